The van der Waals surface area contributed by atoms with Crippen LogP contribution in [0.1, 0.15) is 50.2 Å². The van der Waals surface area contributed by atoms with E-state index in [1.165, 1.54) is 12.8 Å². The molecule has 2 rings (SSSR count). The van der Waals surface area contributed by atoms with Gasteiger partial charge in [-0.15, -0.1) is 16.8 Å². The minimum absolute atomic E-state index is 0.290. The van der Waals surface area contributed by atoms with Crippen molar-refractivity contribution in [2.24, 2.45) is 12.0 Å². The van der Waals surface area contributed by atoms with E-state index in [1.54, 1.807) is 0 Å². The third kappa shape index (κ3) is 6.44. The van der Waals surface area contributed by atoms with Crippen LogP contribution in [0.3, 0.4) is 0 Å². The fourth-order valence-electron chi connectivity index (χ4n) is 2.98. The molecule has 0 saturated carbocycles. The molecule has 1 aliphatic rings. The van der Waals surface area contributed by atoms with E-state index in [-0.39, 0.29) is 0 Å². The predicted octanol–water partition coefficient (Wildman–Crippen LogP) is 2.43. The molecule has 7 heteroatoms. The Kier molecular flexibility index (Phi) is 8.61. The van der Waals surface area contributed by atoms with Crippen LogP contribution in [0.4, 0.5) is 0 Å². The Morgan fingerprint density at radius 1 is 1.42 bits per heavy atom. The van der Waals surface area contributed by atoms with E-state index in [2.05, 4.69) is 34.0 Å². The van der Waals surface area contributed by atoms with Crippen molar-refractivity contribution in [1.29, 1.82) is 0 Å². The first kappa shape index (κ1) is 20.4. The molecule has 1 atom stereocenters. The third-order valence-electron chi connectivity index (χ3n) is 4.83. The molecule has 1 saturated heterocycles. The second-order valence-electron chi connectivity index (χ2n) is 6.94. The second kappa shape index (κ2) is 11.0. The van der Waals surface area contributed by atoms with Gasteiger partial charge in [0.05, 0.1) is 6.10 Å². The van der Waals surface area contributed by atoms with E-state index >= 15 is 0 Å². The second-order valence-corrected chi connectivity index (χ2v) is 6.94. The van der Waals surface area contributed by atoms with Crippen molar-refractivity contribution >= 4 is 5.96 Å². The minimum Gasteiger partial charge on any atom is -0.376 e. The summed E-state index contributed by atoms with van der Waals surface area (Å²) in [6.07, 6.45) is 9.19. The lowest BCUT2D eigenvalue weighted by molar-refractivity contribution is 0.113. The van der Waals surface area contributed by atoms with E-state index in [1.807, 2.05) is 24.6 Å². The van der Waals surface area contributed by atoms with Crippen LogP contribution in [-0.2, 0) is 18.3 Å². The molecule has 1 unspecified atom stereocenters. The summed E-state index contributed by atoms with van der Waals surface area (Å²) in [5.74, 6) is 2.68. The van der Waals surface area contributed by atoms with E-state index in [9.17, 15) is 0 Å². The first-order valence-electron chi connectivity index (χ1n) is 9.68. The van der Waals surface area contributed by atoms with Crippen LogP contribution in [0.25, 0.3) is 0 Å². The lowest BCUT2D eigenvalue weighted by atomic mass is 10.2. The van der Waals surface area contributed by atoms with E-state index in [0.717, 1.165) is 63.0 Å². The summed E-state index contributed by atoms with van der Waals surface area (Å²) in [6, 6.07) is 0. The highest BCUT2D eigenvalue weighted by atomic mass is 16.5. The van der Waals surface area contributed by atoms with Gasteiger partial charge in [-0.25, -0.2) is 4.99 Å². The van der Waals surface area contributed by atoms with E-state index < -0.39 is 0 Å². The van der Waals surface area contributed by atoms with Gasteiger partial charge in [-0.05, 0) is 39.0 Å². The summed E-state index contributed by atoms with van der Waals surface area (Å²) >= 11 is 0. The van der Waals surface area contributed by atoms with Crippen LogP contribution in [0, 0.1) is 6.92 Å². The fraction of sp³-hybridized carbons (Fsp3) is 0.737. The predicted molar refractivity (Wildman–Crippen MR) is 105 cm³/mol. The summed E-state index contributed by atoms with van der Waals surface area (Å²) < 4.78 is 7.70. The number of hydrogen-bond acceptors (Lipinski definition) is 4. The van der Waals surface area contributed by atoms with Crippen LogP contribution in [0.15, 0.2) is 17.6 Å². The van der Waals surface area contributed by atoms with Crippen molar-refractivity contribution < 1.29 is 4.74 Å². The third-order valence-corrected chi connectivity index (χ3v) is 4.83. The normalized spacial score (nSPS) is 17.5. The van der Waals surface area contributed by atoms with Crippen molar-refractivity contribution in [3.63, 3.8) is 0 Å². The number of unbranched alkanes of at least 4 members (excludes halogenated alkanes) is 3. The lowest BCUT2D eigenvalue weighted by Gasteiger charge is -2.23. The molecule has 0 amide bonds. The SMILES string of the molecule is C=CCCCCCN(C)C(=NCc1nnc(C)n1C)NCC1CCCO1. The number of aromatic nitrogens is 3. The van der Waals surface area contributed by atoms with Crippen molar-refractivity contribution in [2.45, 2.75) is 58.1 Å². The number of allylic oxidation sites excluding steroid dienone is 1. The number of aliphatic imine (C=N–C) groups is 1. The van der Waals surface area contributed by atoms with Crippen molar-refractivity contribution in [3.05, 3.63) is 24.3 Å². The summed E-state index contributed by atoms with van der Waals surface area (Å²) in [5, 5.41) is 11.8. The molecular formula is C19H34N6O. The largest absolute Gasteiger partial charge is 0.376 e. The monoisotopic (exact) mass is 362 g/mol. The average Bonchev–Trinajstić information content (AvgIpc) is 3.26. The lowest BCUT2D eigenvalue weighted by Crippen LogP contribution is -2.42. The maximum absolute atomic E-state index is 5.72. The Labute approximate surface area is 157 Å². The zero-order valence-electron chi connectivity index (χ0n) is 16.6. The number of nitrogens with zero attached hydrogens (tertiary/aromatic N) is 5. The van der Waals surface area contributed by atoms with Crippen LogP contribution >= 0.6 is 0 Å². The molecule has 7 nitrogen and oxygen atoms in total. The van der Waals surface area contributed by atoms with Crippen LogP contribution in [0.5, 0.6) is 0 Å². The molecule has 2 heterocycles. The highest BCUT2D eigenvalue weighted by Crippen LogP contribution is 2.11. The summed E-state index contributed by atoms with van der Waals surface area (Å²) in [7, 11) is 4.07. The number of guanidine groups is 1. The minimum atomic E-state index is 0.290. The van der Waals surface area contributed by atoms with Gasteiger partial charge in [0, 0.05) is 33.8 Å². The van der Waals surface area contributed by atoms with Crippen molar-refractivity contribution in [1.82, 2.24) is 25.0 Å². The Hall–Kier alpha value is -1.89. The van der Waals surface area contributed by atoms with Gasteiger partial charge in [0.2, 0.25) is 0 Å². The molecule has 0 radical (unpaired) electrons. The van der Waals surface area contributed by atoms with Gasteiger partial charge in [0.15, 0.2) is 11.8 Å². The number of hydrogen-bond donors (Lipinski definition) is 1. The van der Waals surface area contributed by atoms with Crippen molar-refractivity contribution in [3.8, 4) is 0 Å². The molecule has 0 spiro atoms. The quantitative estimate of drug-likeness (QED) is 0.300. The Morgan fingerprint density at radius 2 is 2.27 bits per heavy atom. The van der Waals surface area contributed by atoms with Gasteiger partial charge in [0.1, 0.15) is 12.4 Å². The standard InChI is InChI=1S/C19H34N6O/c1-5-6-7-8-9-12-24(3)19(20-14-17-11-10-13-26-17)21-15-18-23-22-16(2)25(18)4/h5,17H,1,6-15H2,2-4H3,(H,20,21). The Morgan fingerprint density at radius 3 is 2.92 bits per heavy atom. The topological polar surface area (TPSA) is 67.6 Å². The maximum Gasteiger partial charge on any atom is 0.194 e. The van der Waals surface area contributed by atoms with Crippen LogP contribution < -0.4 is 5.32 Å². The highest BCUT2D eigenvalue weighted by molar-refractivity contribution is 5.79. The van der Waals surface area contributed by atoms with Gasteiger partial charge in [-0.3, -0.25) is 0 Å². The summed E-state index contributed by atoms with van der Waals surface area (Å²) in [6.45, 7) is 8.90. The number of aryl methyl sites for hydroxylation is 1. The van der Waals surface area contributed by atoms with Gasteiger partial charge >= 0.3 is 0 Å². The average molecular weight is 363 g/mol. The first-order chi connectivity index (χ1) is 12.6. The number of ether oxygens (including phenoxy) is 1. The smallest absolute Gasteiger partial charge is 0.194 e. The van der Waals surface area contributed by atoms with Crippen LogP contribution in [-0.4, -0.2) is 58.5 Å². The molecule has 1 aliphatic heterocycles. The number of nitrogens with one attached hydrogen (secondary N) is 1. The molecular weight excluding hydrogens is 328 g/mol. The zero-order chi connectivity index (χ0) is 18.8. The highest BCUT2D eigenvalue weighted by Gasteiger charge is 2.17. The molecule has 26 heavy (non-hydrogen) atoms. The molecule has 0 aliphatic carbocycles. The number of rotatable bonds is 10. The molecule has 1 aromatic heterocycles. The molecule has 1 fully saturated rings. The fourth-order valence-corrected chi connectivity index (χ4v) is 2.98. The molecule has 1 N–H and O–H groups in total. The van der Waals surface area contributed by atoms with E-state index in [0.29, 0.717) is 12.6 Å². The zero-order valence-corrected chi connectivity index (χ0v) is 16.6. The molecule has 0 aromatic carbocycles. The van der Waals surface area contributed by atoms with Gasteiger partial charge in [-0.2, -0.15) is 0 Å². The van der Waals surface area contributed by atoms with E-state index in [4.69, 9.17) is 9.73 Å². The van der Waals surface area contributed by atoms with Gasteiger partial charge in [-0.1, -0.05) is 12.5 Å². The maximum atomic E-state index is 5.72. The summed E-state index contributed by atoms with van der Waals surface area (Å²) in [4.78, 5) is 6.98. The van der Waals surface area contributed by atoms with Crippen molar-refractivity contribution in [2.75, 3.05) is 26.7 Å². The van der Waals surface area contributed by atoms with Gasteiger partial charge < -0.3 is 19.5 Å². The summed E-state index contributed by atoms with van der Waals surface area (Å²) in [5.41, 5.74) is 0. The Balaban J connectivity index is 1.91. The first-order valence-corrected chi connectivity index (χ1v) is 9.68. The molecule has 1 aromatic rings. The Bertz CT molecular complexity index is 577. The van der Waals surface area contributed by atoms with Crippen LogP contribution in [0.2, 0.25) is 0 Å². The van der Waals surface area contributed by atoms with Gasteiger partial charge in [0.25, 0.3) is 0 Å². The molecule has 146 valence electrons. The molecule has 0 bridgehead atoms.